The number of piperazine rings is 1. The molecule has 0 saturated carbocycles. The Bertz CT molecular complexity index is 1090. The number of ether oxygens (including phenoxy) is 1. The number of rotatable bonds is 6. The second kappa shape index (κ2) is 9.60. The summed E-state index contributed by atoms with van der Waals surface area (Å²) in [5.74, 6) is -0.449. The van der Waals surface area contributed by atoms with Gasteiger partial charge in [-0.3, -0.25) is 14.6 Å². The van der Waals surface area contributed by atoms with Crippen LogP contribution in [0.1, 0.15) is 12.5 Å². The van der Waals surface area contributed by atoms with Gasteiger partial charge in [0.1, 0.15) is 17.6 Å². The maximum atomic E-state index is 13.1. The maximum Gasteiger partial charge on any atom is 0.264 e. The molecule has 0 radical (unpaired) electrons. The van der Waals surface area contributed by atoms with E-state index in [9.17, 15) is 14.0 Å². The van der Waals surface area contributed by atoms with Crippen LogP contribution in [0.25, 0.3) is 11.1 Å². The quantitative estimate of drug-likeness (QED) is 0.648. The second-order valence-electron chi connectivity index (χ2n) is 7.70. The predicted molar refractivity (Wildman–Crippen MR) is 118 cm³/mol. The largest absolute Gasteiger partial charge is 0.481 e. The number of carbonyl (C=O) groups excluding carboxylic acids is 2. The van der Waals surface area contributed by atoms with Crippen molar-refractivity contribution in [2.45, 2.75) is 25.5 Å². The summed E-state index contributed by atoms with van der Waals surface area (Å²) in [5.41, 5.74) is 2.92. The molecule has 0 spiro atoms. The van der Waals surface area contributed by atoms with Crippen molar-refractivity contribution in [3.05, 3.63) is 84.4 Å². The molecule has 0 aliphatic carbocycles. The van der Waals surface area contributed by atoms with Crippen LogP contribution in [0, 0.1) is 5.82 Å². The van der Waals surface area contributed by atoms with Gasteiger partial charge in [-0.1, -0.05) is 30.3 Å². The van der Waals surface area contributed by atoms with E-state index in [-0.39, 0.29) is 17.6 Å². The van der Waals surface area contributed by atoms with Crippen LogP contribution in [0.2, 0.25) is 0 Å². The molecule has 1 fully saturated rings. The summed E-state index contributed by atoms with van der Waals surface area (Å²) < 4.78 is 18.8. The Labute approximate surface area is 186 Å². The molecular formula is C25H24FN3O3. The van der Waals surface area contributed by atoms with Crippen molar-refractivity contribution >= 4 is 11.8 Å². The minimum atomic E-state index is -0.810. The molecule has 0 bridgehead atoms. The highest BCUT2D eigenvalue weighted by atomic mass is 19.1. The topological polar surface area (TPSA) is 71.5 Å². The molecular weight excluding hydrogens is 409 g/mol. The molecule has 2 heterocycles. The number of nitrogens with one attached hydrogen (secondary N) is 1. The third-order valence-corrected chi connectivity index (χ3v) is 5.44. The molecule has 6 nitrogen and oxygen atoms in total. The Morgan fingerprint density at radius 1 is 1.19 bits per heavy atom. The predicted octanol–water partition coefficient (Wildman–Crippen LogP) is 3.22. The number of hydrogen-bond donors (Lipinski definition) is 1. The number of hydrogen-bond acceptors (Lipinski definition) is 4. The van der Waals surface area contributed by atoms with Gasteiger partial charge in [0, 0.05) is 31.9 Å². The molecule has 164 valence electrons. The number of nitrogens with zero attached hydrogens (tertiary/aromatic N) is 2. The van der Waals surface area contributed by atoms with Gasteiger partial charge in [0.15, 0.2) is 6.10 Å². The van der Waals surface area contributed by atoms with Crippen LogP contribution in [0.15, 0.2) is 73.1 Å². The lowest BCUT2D eigenvalue weighted by atomic mass is 9.98. The number of carbonyl (C=O) groups is 2. The van der Waals surface area contributed by atoms with Crippen LogP contribution in [0.5, 0.6) is 5.75 Å². The van der Waals surface area contributed by atoms with Crippen LogP contribution >= 0.6 is 0 Å². The SMILES string of the molecule is C[C@@H](Oc1ccc(F)cc1)C(=O)N1CCNC(=O)[C@H]1Cc1cccc(-c2cccnc2)c1. The van der Waals surface area contributed by atoms with E-state index in [1.807, 2.05) is 36.4 Å². The van der Waals surface area contributed by atoms with E-state index >= 15 is 0 Å². The van der Waals surface area contributed by atoms with Crippen molar-refractivity contribution in [3.63, 3.8) is 0 Å². The van der Waals surface area contributed by atoms with Crippen LogP contribution < -0.4 is 10.1 Å². The van der Waals surface area contributed by atoms with Crippen molar-refractivity contribution in [1.82, 2.24) is 15.2 Å². The van der Waals surface area contributed by atoms with E-state index in [2.05, 4.69) is 10.3 Å². The highest BCUT2D eigenvalue weighted by molar-refractivity contribution is 5.90. The van der Waals surface area contributed by atoms with Gasteiger partial charge in [0.25, 0.3) is 5.91 Å². The van der Waals surface area contributed by atoms with Crippen molar-refractivity contribution in [1.29, 1.82) is 0 Å². The molecule has 1 aromatic heterocycles. The van der Waals surface area contributed by atoms with E-state index in [0.29, 0.717) is 25.3 Å². The smallest absolute Gasteiger partial charge is 0.264 e. The summed E-state index contributed by atoms with van der Waals surface area (Å²) in [4.78, 5) is 31.6. The Kier molecular flexibility index (Phi) is 6.44. The molecule has 4 rings (SSSR count). The fourth-order valence-electron chi connectivity index (χ4n) is 3.82. The first-order chi connectivity index (χ1) is 15.5. The number of amides is 2. The van der Waals surface area contributed by atoms with E-state index in [1.165, 1.54) is 24.3 Å². The average Bonchev–Trinajstić information content (AvgIpc) is 2.82. The van der Waals surface area contributed by atoms with Gasteiger partial charge in [-0.25, -0.2) is 4.39 Å². The van der Waals surface area contributed by atoms with Gasteiger partial charge >= 0.3 is 0 Å². The summed E-state index contributed by atoms with van der Waals surface area (Å²) in [6.07, 6.45) is 3.08. The van der Waals surface area contributed by atoms with E-state index in [0.717, 1.165) is 16.7 Å². The van der Waals surface area contributed by atoms with Gasteiger partial charge in [0.05, 0.1) is 0 Å². The van der Waals surface area contributed by atoms with Crippen LogP contribution in [0.4, 0.5) is 4.39 Å². The molecule has 1 aliphatic heterocycles. The fraction of sp³-hybridized carbons (Fsp3) is 0.240. The molecule has 2 amide bonds. The first-order valence-corrected chi connectivity index (χ1v) is 10.5. The fourth-order valence-corrected chi connectivity index (χ4v) is 3.82. The van der Waals surface area contributed by atoms with Gasteiger partial charge in [-0.05, 0) is 53.9 Å². The molecule has 7 heteroatoms. The molecule has 1 N–H and O–H groups in total. The Balaban J connectivity index is 1.51. The van der Waals surface area contributed by atoms with Crippen LogP contribution in [-0.2, 0) is 16.0 Å². The average molecular weight is 433 g/mol. The summed E-state index contributed by atoms with van der Waals surface area (Å²) in [6, 6.07) is 16.6. The van der Waals surface area contributed by atoms with E-state index in [4.69, 9.17) is 4.74 Å². The van der Waals surface area contributed by atoms with Crippen LogP contribution in [-0.4, -0.2) is 46.9 Å². The standard InChI is InChI=1S/C25H24FN3O3/c1-17(32-22-9-7-21(26)8-10-22)25(31)29-13-12-28-24(30)23(29)15-18-4-2-5-19(14-18)20-6-3-11-27-16-20/h2-11,14,16-17,23H,12-13,15H2,1H3,(H,28,30)/t17-,23-/m1/s1. The van der Waals surface area contributed by atoms with Gasteiger partial charge in [-0.2, -0.15) is 0 Å². The first kappa shape index (κ1) is 21.5. The normalized spacial score (nSPS) is 16.9. The maximum absolute atomic E-state index is 13.1. The zero-order valence-electron chi connectivity index (χ0n) is 17.7. The summed E-state index contributed by atoms with van der Waals surface area (Å²) in [6.45, 7) is 2.42. The molecule has 3 aromatic rings. The van der Waals surface area contributed by atoms with Gasteiger partial charge in [0.2, 0.25) is 5.91 Å². The Hall–Kier alpha value is -3.74. The summed E-state index contributed by atoms with van der Waals surface area (Å²) in [5, 5.41) is 2.85. The molecule has 32 heavy (non-hydrogen) atoms. The first-order valence-electron chi connectivity index (χ1n) is 10.5. The Morgan fingerprint density at radius 2 is 1.97 bits per heavy atom. The molecule has 2 atom stereocenters. The minimum Gasteiger partial charge on any atom is -0.481 e. The third-order valence-electron chi connectivity index (χ3n) is 5.44. The minimum absolute atomic E-state index is 0.189. The zero-order chi connectivity index (χ0) is 22.5. The Morgan fingerprint density at radius 3 is 2.72 bits per heavy atom. The van der Waals surface area contributed by atoms with Gasteiger partial charge in [-0.15, -0.1) is 0 Å². The molecule has 1 aliphatic rings. The zero-order valence-corrected chi connectivity index (χ0v) is 17.7. The summed E-state index contributed by atoms with van der Waals surface area (Å²) >= 11 is 0. The third kappa shape index (κ3) is 4.94. The molecule has 0 unspecified atom stereocenters. The van der Waals surface area contributed by atoms with Gasteiger partial charge < -0.3 is 15.0 Å². The highest BCUT2D eigenvalue weighted by Crippen LogP contribution is 2.22. The lowest BCUT2D eigenvalue weighted by Crippen LogP contribution is -2.60. The van der Waals surface area contributed by atoms with E-state index in [1.54, 1.807) is 24.2 Å². The lowest BCUT2D eigenvalue weighted by Gasteiger charge is -2.36. The van der Waals surface area contributed by atoms with Crippen molar-refractivity contribution in [2.24, 2.45) is 0 Å². The monoisotopic (exact) mass is 433 g/mol. The van der Waals surface area contributed by atoms with Crippen molar-refractivity contribution in [3.8, 4) is 16.9 Å². The number of pyridine rings is 1. The lowest BCUT2D eigenvalue weighted by molar-refractivity contribution is -0.147. The van der Waals surface area contributed by atoms with Crippen molar-refractivity contribution in [2.75, 3.05) is 13.1 Å². The second-order valence-corrected chi connectivity index (χ2v) is 7.70. The number of halogens is 1. The number of aromatic nitrogens is 1. The van der Waals surface area contributed by atoms with E-state index < -0.39 is 12.1 Å². The number of benzene rings is 2. The van der Waals surface area contributed by atoms with Crippen molar-refractivity contribution < 1.29 is 18.7 Å². The molecule has 2 aromatic carbocycles. The summed E-state index contributed by atoms with van der Waals surface area (Å²) in [7, 11) is 0. The highest BCUT2D eigenvalue weighted by Gasteiger charge is 2.35. The van der Waals surface area contributed by atoms with Crippen LogP contribution in [0.3, 0.4) is 0 Å². The molecule has 1 saturated heterocycles.